The second-order valence-corrected chi connectivity index (χ2v) is 10.1. The summed E-state index contributed by atoms with van der Waals surface area (Å²) in [6, 6.07) is 14.6. The van der Waals surface area contributed by atoms with Gasteiger partial charge in [0.25, 0.3) is 0 Å². The molecule has 2 N–H and O–H groups in total. The zero-order valence-corrected chi connectivity index (χ0v) is 21.8. The van der Waals surface area contributed by atoms with Crippen LogP contribution < -0.4 is 10.6 Å². The van der Waals surface area contributed by atoms with Crippen LogP contribution in [-0.4, -0.2) is 46.2 Å². The average molecular weight is 508 g/mol. The second-order valence-electron chi connectivity index (χ2n) is 9.73. The van der Waals surface area contributed by atoms with Gasteiger partial charge in [-0.1, -0.05) is 48.4 Å². The number of hydrogen-bond acceptors (Lipinski definition) is 5. The molecule has 36 heavy (non-hydrogen) atoms. The van der Waals surface area contributed by atoms with Crippen LogP contribution in [0.4, 0.5) is 4.79 Å². The summed E-state index contributed by atoms with van der Waals surface area (Å²) in [6.45, 7) is 5.55. The predicted molar refractivity (Wildman–Crippen MR) is 142 cm³/mol. The lowest BCUT2D eigenvalue weighted by Gasteiger charge is -2.34. The minimum absolute atomic E-state index is 0.0513. The lowest BCUT2D eigenvalue weighted by Crippen LogP contribution is -2.54. The monoisotopic (exact) mass is 507 g/mol. The number of carbonyl (C=O) groups is 3. The summed E-state index contributed by atoms with van der Waals surface area (Å²) >= 11 is 4.31. The molecule has 0 saturated heterocycles. The van der Waals surface area contributed by atoms with E-state index in [-0.39, 0.29) is 23.6 Å². The van der Waals surface area contributed by atoms with E-state index in [1.165, 1.54) is 0 Å². The number of ether oxygens (including phenoxy) is 1. The predicted octanol–water partition coefficient (Wildman–Crippen LogP) is 3.84. The molecule has 2 unspecified atom stereocenters. The molecule has 8 heteroatoms. The average Bonchev–Trinajstić information content (AvgIpc) is 3.69. The molecule has 0 spiro atoms. The van der Waals surface area contributed by atoms with Crippen LogP contribution in [-0.2, 0) is 20.9 Å². The molecule has 3 amide bonds. The number of benzene rings is 2. The Labute approximate surface area is 218 Å². The largest absolute Gasteiger partial charge is 0.444 e. The summed E-state index contributed by atoms with van der Waals surface area (Å²) in [5, 5.41) is 5.59. The van der Waals surface area contributed by atoms with Crippen LogP contribution in [0.25, 0.3) is 0 Å². The van der Waals surface area contributed by atoms with Crippen LogP contribution in [0.3, 0.4) is 0 Å². The van der Waals surface area contributed by atoms with Crippen LogP contribution in [0.1, 0.15) is 56.3 Å². The van der Waals surface area contributed by atoms with Gasteiger partial charge in [0.15, 0.2) is 0 Å². The molecule has 2 aromatic rings. The molecular formula is C28H33N3O4S. The summed E-state index contributed by atoms with van der Waals surface area (Å²) in [4.78, 5) is 41.3. The topological polar surface area (TPSA) is 87.7 Å². The van der Waals surface area contributed by atoms with Crippen molar-refractivity contribution in [1.29, 1.82) is 0 Å². The van der Waals surface area contributed by atoms with Gasteiger partial charge >= 0.3 is 6.09 Å². The summed E-state index contributed by atoms with van der Waals surface area (Å²) in [6.07, 6.45) is 6.33. The normalized spacial score (nSPS) is 14.6. The van der Waals surface area contributed by atoms with Crippen molar-refractivity contribution in [2.45, 2.75) is 63.9 Å². The molecule has 190 valence electrons. The minimum atomic E-state index is -0.960. The van der Waals surface area contributed by atoms with Crippen molar-refractivity contribution in [1.82, 2.24) is 15.5 Å². The van der Waals surface area contributed by atoms with E-state index < -0.39 is 23.8 Å². The van der Waals surface area contributed by atoms with Crippen molar-refractivity contribution < 1.29 is 19.1 Å². The first kappa shape index (κ1) is 27.2. The fourth-order valence-electron chi connectivity index (χ4n) is 3.77. The number of nitrogens with zero attached hydrogens (tertiary/aromatic N) is 1. The first-order chi connectivity index (χ1) is 17.1. The number of terminal acetylenes is 1. The Morgan fingerprint density at radius 3 is 2.28 bits per heavy atom. The van der Waals surface area contributed by atoms with E-state index in [9.17, 15) is 14.4 Å². The number of amides is 3. The van der Waals surface area contributed by atoms with E-state index in [1.807, 2.05) is 30.3 Å². The van der Waals surface area contributed by atoms with Crippen LogP contribution >= 0.6 is 12.6 Å². The number of carbonyl (C=O) groups excluding carboxylic acids is 3. The van der Waals surface area contributed by atoms with E-state index in [0.29, 0.717) is 17.7 Å². The Balaban J connectivity index is 1.89. The van der Waals surface area contributed by atoms with Gasteiger partial charge in [-0.05, 0) is 56.9 Å². The van der Waals surface area contributed by atoms with Gasteiger partial charge < -0.3 is 20.3 Å². The molecule has 0 aromatic heterocycles. The van der Waals surface area contributed by atoms with Crippen LogP contribution in [0.15, 0.2) is 54.6 Å². The highest BCUT2D eigenvalue weighted by Crippen LogP contribution is 2.35. The Kier molecular flexibility index (Phi) is 9.05. The quantitative estimate of drug-likeness (QED) is 0.356. The highest BCUT2D eigenvalue weighted by molar-refractivity contribution is 7.80. The number of thiol groups is 1. The van der Waals surface area contributed by atoms with Crippen molar-refractivity contribution in [3.63, 3.8) is 0 Å². The van der Waals surface area contributed by atoms with E-state index >= 15 is 0 Å². The molecule has 1 fully saturated rings. The van der Waals surface area contributed by atoms with Crippen molar-refractivity contribution in [2.24, 2.45) is 0 Å². The molecule has 1 saturated carbocycles. The van der Waals surface area contributed by atoms with Crippen LogP contribution in [0.5, 0.6) is 0 Å². The molecular weight excluding hydrogens is 474 g/mol. The molecule has 0 aliphatic heterocycles. The molecule has 0 bridgehead atoms. The minimum Gasteiger partial charge on any atom is -0.444 e. The molecule has 0 heterocycles. The number of hydrogen-bond donors (Lipinski definition) is 3. The molecule has 1 aliphatic rings. The zero-order valence-electron chi connectivity index (χ0n) is 20.9. The molecule has 7 nitrogen and oxygen atoms in total. The lowest BCUT2D eigenvalue weighted by atomic mass is 10.0. The Morgan fingerprint density at radius 2 is 1.75 bits per heavy atom. The molecule has 1 aliphatic carbocycles. The highest BCUT2D eigenvalue weighted by Gasteiger charge is 2.43. The summed E-state index contributed by atoms with van der Waals surface area (Å²) in [7, 11) is 0. The van der Waals surface area contributed by atoms with Crippen molar-refractivity contribution >= 4 is 30.5 Å². The Morgan fingerprint density at radius 1 is 1.11 bits per heavy atom. The van der Waals surface area contributed by atoms with Crippen molar-refractivity contribution in [3.8, 4) is 12.3 Å². The second kappa shape index (κ2) is 12.0. The maximum Gasteiger partial charge on any atom is 0.408 e. The molecule has 3 rings (SSSR count). The van der Waals surface area contributed by atoms with E-state index in [1.54, 1.807) is 49.9 Å². The molecule has 2 atom stereocenters. The molecule has 2 aromatic carbocycles. The maximum absolute atomic E-state index is 13.8. The number of alkyl carbamates (subject to hydrolysis) is 1. The van der Waals surface area contributed by atoms with Gasteiger partial charge in [-0.25, -0.2) is 4.79 Å². The van der Waals surface area contributed by atoms with Crippen LogP contribution in [0.2, 0.25) is 0 Å². The lowest BCUT2D eigenvalue weighted by molar-refractivity contribution is -0.142. The smallest absolute Gasteiger partial charge is 0.408 e. The van der Waals surface area contributed by atoms with Gasteiger partial charge in [-0.15, -0.1) is 6.42 Å². The maximum atomic E-state index is 13.8. The van der Waals surface area contributed by atoms with Gasteiger partial charge in [0.05, 0.1) is 0 Å². The summed E-state index contributed by atoms with van der Waals surface area (Å²) in [5.41, 5.74) is 1.53. The van der Waals surface area contributed by atoms with Crippen molar-refractivity contribution in [2.75, 3.05) is 5.75 Å². The summed E-state index contributed by atoms with van der Waals surface area (Å²) < 4.78 is 5.33. The van der Waals surface area contributed by atoms with Gasteiger partial charge in [0.1, 0.15) is 17.7 Å². The Hall–Kier alpha value is -3.44. The van der Waals surface area contributed by atoms with Gasteiger partial charge in [0, 0.05) is 23.9 Å². The highest BCUT2D eigenvalue weighted by atomic mass is 32.1. The summed E-state index contributed by atoms with van der Waals surface area (Å²) in [5.74, 6) is 1.92. The van der Waals surface area contributed by atoms with Gasteiger partial charge in [0.2, 0.25) is 11.8 Å². The standard InChI is InChI=1S/C28H33N3O4S/c1-5-19-11-13-21(14-12-19)24(25(32)29-17-20-9-7-6-8-10-20)31(22-15-16-22)26(33)23(18-36)30-27(34)35-28(2,3)4/h1,6-14,22-24,36H,15-18H2,2-4H3,(H,29,32)(H,30,34). The fraction of sp³-hybridized carbons (Fsp3) is 0.393. The Bertz CT molecular complexity index is 1100. The third-order valence-corrected chi connectivity index (χ3v) is 5.96. The number of rotatable bonds is 9. The van der Waals surface area contributed by atoms with E-state index in [2.05, 4.69) is 29.2 Å². The van der Waals surface area contributed by atoms with Gasteiger partial charge in [-0.3, -0.25) is 9.59 Å². The zero-order chi connectivity index (χ0) is 26.3. The van der Waals surface area contributed by atoms with Gasteiger partial charge in [-0.2, -0.15) is 12.6 Å². The number of nitrogens with one attached hydrogen (secondary N) is 2. The van der Waals surface area contributed by atoms with Crippen molar-refractivity contribution in [3.05, 3.63) is 71.3 Å². The first-order valence-electron chi connectivity index (χ1n) is 11.9. The van der Waals surface area contributed by atoms with E-state index in [0.717, 1.165) is 18.4 Å². The first-order valence-corrected chi connectivity index (χ1v) is 12.6. The van der Waals surface area contributed by atoms with Crippen LogP contribution in [0, 0.1) is 12.3 Å². The van der Waals surface area contributed by atoms with E-state index in [4.69, 9.17) is 11.2 Å². The molecule has 0 radical (unpaired) electrons. The third kappa shape index (κ3) is 7.53. The third-order valence-electron chi connectivity index (χ3n) is 5.60. The SMILES string of the molecule is C#Cc1ccc(C(C(=O)NCc2ccccc2)N(C(=O)C(CS)NC(=O)OC(C)(C)C)C2CC2)cc1. The fourth-order valence-corrected chi connectivity index (χ4v) is 4.02.